The van der Waals surface area contributed by atoms with E-state index in [-0.39, 0.29) is 5.82 Å². The third-order valence-electron chi connectivity index (χ3n) is 1.83. The van der Waals surface area contributed by atoms with E-state index in [1.807, 2.05) is 0 Å². The predicted molar refractivity (Wildman–Crippen MR) is 58.5 cm³/mol. The SMILES string of the molecule is [CH2]C(c1cc(Br)cnc1N)N(N)C(=O)O. The molecular weight excluding hydrogens is 264 g/mol. The van der Waals surface area contributed by atoms with E-state index in [9.17, 15) is 4.79 Å². The summed E-state index contributed by atoms with van der Waals surface area (Å²) in [5.41, 5.74) is 6.03. The number of anilines is 1. The number of hydrogen-bond donors (Lipinski definition) is 3. The Labute approximate surface area is 95.0 Å². The molecule has 0 aromatic carbocycles. The van der Waals surface area contributed by atoms with Crippen LogP contribution in [0.25, 0.3) is 0 Å². The minimum atomic E-state index is -1.28. The Morgan fingerprint density at radius 3 is 2.87 bits per heavy atom. The van der Waals surface area contributed by atoms with E-state index >= 15 is 0 Å². The fourth-order valence-electron chi connectivity index (χ4n) is 1.02. The van der Waals surface area contributed by atoms with Crippen LogP contribution in [0.3, 0.4) is 0 Å². The summed E-state index contributed by atoms with van der Waals surface area (Å²) >= 11 is 3.20. The van der Waals surface area contributed by atoms with Crippen LogP contribution in [0.5, 0.6) is 0 Å². The first-order valence-electron chi connectivity index (χ1n) is 3.94. The molecule has 5 N–H and O–H groups in total. The van der Waals surface area contributed by atoms with Crippen LogP contribution in [0.2, 0.25) is 0 Å². The molecule has 1 aromatic heterocycles. The number of hydrogen-bond acceptors (Lipinski definition) is 4. The van der Waals surface area contributed by atoms with Crippen molar-refractivity contribution in [2.45, 2.75) is 6.04 Å². The number of carboxylic acid groups (broad SMARTS) is 1. The molecule has 1 radical (unpaired) electrons. The summed E-state index contributed by atoms with van der Waals surface area (Å²) in [6.45, 7) is 3.61. The molecule has 1 heterocycles. The number of hydrazine groups is 1. The van der Waals surface area contributed by atoms with Crippen LogP contribution in [-0.2, 0) is 0 Å². The van der Waals surface area contributed by atoms with Gasteiger partial charge in [0.1, 0.15) is 5.82 Å². The zero-order chi connectivity index (χ0) is 11.6. The Balaban J connectivity index is 3.04. The van der Waals surface area contributed by atoms with E-state index in [1.54, 1.807) is 6.07 Å². The Morgan fingerprint density at radius 1 is 1.73 bits per heavy atom. The van der Waals surface area contributed by atoms with E-state index in [2.05, 4.69) is 27.8 Å². The number of rotatable bonds is 2. The highest BCUT2D eigenvalue weighted by molar-refractivity contribution is 9.10. The molecule has 7 heteroatoms. The Bertz CT molecular complexity index is 385. The van der Waals surface area contributed by atoms with E-state index in [0.29, 0.717) is 15.0 Å². The van der Waals surface area contributed by atoms with Crippen LogP contribution in [0.1, 0.15) is 11.6 Å². The number of aromatic nitrogens is 1. The van der Waals surface area contributed by atoms with E-state index < -0.39 is 12.1 Å². The quantitative estimate of drug-likeness (QED) is 0.426. The van der Waals surface area contributed by atoms with Crippen molar-refractivity contribution >= 4 is 27.8 Å². The fourth-order valence-corrected chi connectivity index (χ4v) is 1.36. The number of halogens is 1. The molecule has 81 valence electrons. The van der Waals surface area contributed by atoms with Gasteiger partial charge in [-0.15, -0.1) is 0 Å². The van der Waals surface area contributed by atoms with Crippen LogP contribution >= 0.6 is 15.9 Å². The third kappa shape index (κ3) is 2.57. The zero-order valence-corrected chi connectivity index (χ0v) is 9.31. The molecule has 1 aromatic rings. The van der Waals surface area contributed by atoms with Crippen molar-refractivity contribution in [3.05, 3.63) is 29.2 Å². The normalized spacial score (nSPS) is 12.2. The second-order valence-electron chi connectivity index (χ2n) is 2.83. The number of amides is 1. The van der Waals surface area contributed by atoms with E-state index in [1.165, 1.54) is 6.20 Å². The first-order valence-corrected chi connectivity index (χ1v) is 4.73. The minimum Gasteiger partial charge on any atom is -0.464 e. The van der Waals surface area contributed by atoms with Crippen LogP contribution in [0, 0.1) is 6.92 Å². The number of nitrogens with zero attached hydrogens (tertiary/aromatic N) is 2. The van der Waals surface area contributed by atoms with Gasteiger partial charge in [0, 0.05) is 16.2 Å². The monoisotopic (exact) mass is 273 g/mol. The molecule has 0 aliphatic rings. The molecule has 0 fully saturated rings. The summed E-state index contributed by atoms with van der Waals surface area (Å²) in [4.78, 5) is 14.5. The van der Waals surface area contributed by atoms with Crippen molar-refractivity contribution in [3.8, 4) is 0 Å². The standard InChI is InChI=1S/C8H10BrN4O2/c1-4(13(11)8(14)15)6-2-5(9)3-12-7(6)10/h2-4H,1,11H2,(H2,10,12)(H,14,15). The molecule has 6 nitrogen and oxygen atoms in total. The molecule has 0 spiro atoms. The number of nitrogen functional groups attached to an aromatic ring is 1. The number of pyridine rings is 1. The van der Waals surface area contributed by atoms with Gasteiger partial charge in [0.25, 0.3) is 0 Å². The zero-order valence-electron chi connectivity index (χ0n) is 7.72. The van der Waals surface area contributed by atoms with Gasteiger partial charge in [-0.3, -0.25) is 0 Å². The fraction of sp³-hybridized carbons (Fsp3) is 0.125. The van der Waals surface area contributed by atoms with E-state index in [0.717, 1.165) is 0 Å². The minimum absolute atomic E-state index is 0.204. The second kappa shape index (κ2) is 4.45. The van der Waals surface area contributed by atoms with Crippen molar-refractivity contribution in [2.75, 3.05) is 5.73 Å². The highest BCUT2D eigenvalue weighted by atomic mass is 79.9. The largest absolute Gasteiger partial charge is 0.464 e. The second-order valence-corrected chi connectivity index (χ2v) is 3.75. The number of carbonyl (C=O) groups is 1. The summed E-state index contributed by atoms with van der Waals surface area (Å²) in [6.07, 6.45) is 0.224. The maximum atomic E-state index is 10.6. The van der Waals surface area contributed by atoms with Crippen LogP contribution < -0.4 is 11.6 Å². The smallest absolute Gasteiger partial charge is 0.422 e. The van der Waals surface area contributed by atoms with Gasteiger partial charge in [-0.2, -0.15) is 0 Å². The lowest BCUT2D eigenvalue weighted by molar-refractivity contribution is 0.134. The molecule has 0 bridgehead atoms. The molecule has 0 aliphatic carbocycles. The average Bonchev–Trinajstić information content (AvgIpc) is 2.19. The van der Waals surface area contributed by atoms with Crippen LogP contribution in [0.15, 0.2) is 16.7 Å². The summed E-state index contributed by atoms with van der Waals surface area (Å²) in [5.74, 6) is 5.49. The third-order valence-corrected chi connectivity index (χ3v) is 2.27. The highest BCUT2D eigenvalue weighted by Crippen LogP contribution is 2.24. The van der Waals surface area contributed by atoms with Crippen molar-refractivity contribution < 1.29 is 9.90 Å². The van der Waals surface area contributed by atoms with Crippen molar-refractivity contribution in [2.24, 2.45) is 5.84 Å². The lowest BCUT2D eigenvalue weighted by atomic mass is 10.1. The molecular formula is C8H10BrN4O2. The Morgan fingerprint density at radius 2 is 2.33 bits per heavy atom. The van der Waals surface area contributed by atoms with Gasteiger partial charge in [-0.05, 0) is 28.9 Å². The lowest BCUT2D eigenvalue weighted by Gasteiger charge is -2.22. The highest BCUT2D eigenvalue weighted by Gasteiger charge is 2.20. The number of nitrogens with two attached hydrogens (primary N) is 2. The molecule has 1 rings (SSSR count). The van der Waals surface area contributed by atoms with E-state index in [4.69, 9.17) is 16.7 Å². The summed E-state index contributed by atoms with van der Waals surface area (Å²) in [6, 6.07) is 0.829. The van der Waals surface area contributed by atoms with Gasteiger partial charge in [0.15, 0.2) is 0 Å². The molecule has 0 saturated carbocycles. The van der Waals surface area contributed by atoms with Gasteiger partial charge in [0.05, 0.1) is 6.04 Å². The summed E-state index contributed by atoms with van der Waals surface area (Å²) in [7, 11) is 0. The maximum absolute atomic E-state index is 10.6. The van der Waals surface area contributed by atoms with Gasteiger partial charge in [0.2, 0.25) is 0 Å². The Kier molecular flexibility index (Phi) is 3.48. The van der Waals surface area contributed by atoms with Crippen molar-refractivity contribution in [1.29, 1.82) is 0 Å². The molecule has 1 unspecified atom stereocenters. The lowest BCUT2D eigenvalue weighted by Crippen LogP contribution is -2.38. The van der Waals surface area contributed by atoms with Crippen LogP contribution in [0.4, 0.5) is 10.6 Å². The summed E-state index contributed by atoms with van der Waals surface area (Å²) < 4.78 is 0.680. The van der Waals surface area contributed by atoms with Gasteiger partial charge < -0.3 is 10.8 Å². The predicted octanol–water partition coefficient (Wildman–Crippen LogP) is 1.16. The van der Waals surface area contributed by atoms with Crippen LogP contribution in [-0.4, -0.2) is 21.2 Å². The molecule has 1 amide bonds. The van der Waals surface area contributed by atoms with Crippen molar-refractivity contribution in [1.82, 2.24) is 9.99 Å². The van der Waals surface area contributed by atoms with Crippen molar-refractivity contribution in [3.63, 3.8) is 0 Å². The van der Waals surface area contributed by atoms with Gasteiger partial charge in [-0.1, -0.05) is 0 Å². The first-order chi connectivity index (χ1) is 6.93. The molecule has 15 heavy (non-hydrogen) atoms. The topological polar surface area (TPSA) is 105 Å². The Hall–Kier alpha value is -1.34. The average molecular weight is 274 g/mol. The molecule has 1 atom stereocenters. The summed E-state index contributed by atoms with van der Waals surface area (Å²) in [5, 5.41) is 9.23. The first kappa shape index (κ1) is 11.7. The molecule has 0 saturated heterocycles. The van der Waals surface area contributed by atoms with Gasteiger partial charge >= 0.3 is 6.09 Å². The maximum Gasteiger partial charge on any atom is 0.422 e. The molecule has 0 aliphatic heterocycles. The van der Waals surface area contributed by atoms with Gasteiger partial charge in [-0.25, -0.2) is 20.6 Å².